The quantitative estimate of drug-likeness (QED) is 0.631. The van der Waals surface area contributed by atoms with Crippen LogP contribution in [-0.2, 0) is 0 Å². The standard InChI is InChI=1S/C16H11N3O/c1-20-16-4-2-3-15-14(16)8-7-13(19-15)6-5-12-9-17-11-18-10-12/h2-4,7-11H,1H3. The maximum absolute atomic E-state index is 5.30. The first kappa shape index (κ1) is 12.1. The summed E-state index contributed by atoms with van der Waals surface area (Å²) in [5.41, 5.74) is 2.33. The first-order chi connectivity index (χ1) is 9.86. The lowest BCUT2D eigenvalue weighted by Crippen LogP contribution is -1.89. The molecule has 0 fully saturated rings. The Morgan fingerprint density at radius 1 is 1.00 bits per heavy atom. The molecule has 0 aliphatic rings. The van der Waals surface area contributed by atoms with E-state index in [9.17, 15) is 0 Å². The fourth-order valence-electron chi connectivity index (χ4n) is 1.87. The minimum Gasteiger partial charge on any atom is -0.496 e. The second kappa shape index (κ2) is 5.37. The van der Waals surface area contributed by atoms with Gasteiger partial charge in [0.2, 0.25) is 0 Å². The van der Waals surface area contributed by atoms with Crippen molar-refractivity contribution in [1.82, 2.24) is 15.0 Å². The number of methoxy groups -OCH3 is 1. The number of aromatic nitrogens is 3. The van der Waals surface area contributed by atoms with E-state index in [1.54, 1.807) is 19.5 Å². The van der Waals surface area contributed by atoms with Crippen LogP contribution in [0.2, 0.25) is 0 Å². The fourth-order valence-corrected chi connectivity index (χ4v) is 1.87. The summed E-state index contributed by atoms with van der Waals surface area (Å²) in [6, 6.07) is 9.61. The van der Waals surface area contributed by atoms with Gasteiger partial charge < -0.3 is 4.74 Å². The molecule has 0 bridgehead atoms. The Balaban J connectivity index is 2.00. The van der Waals surface area contributed by atoms with E-state index >= 15 is 0 Å². The first-order valence-electron chi connectivity index (χ1n) is 6.07. The SMILES string of the molecule is COc1cccc2nc(C#Cc3cncnc3)ccc12. The van der Waals surface area contributed by atoms with Crippen LogP contribution in [0, 0.1) is 11.8 Å². The highest BCUT2D eigenvalue weighted by Crippen LogP contribution is 2.23. The summed E-state index contributed by atoms with van der Waals surface area (Å²) in [6.45, 7) is 0. The van der Waals surface area contributed by atoms with Gasteiger partial charge in [0.1, 0.15) is 17.8 Å². The van der Waals surface area contributed by atoms with Crippen molar-refractivity contribution < 1.29 is 4.74 Å². The van der Waals surface area contributed by atoms with Crippen LogP contribution in [0.1, 0.15) is 11.3 Å². The van der Waals surface area contributed by atoms with Gasteiger partial charge in [-0.25, -0.2) is 15.0 Å². The summed E-state index contributed by atoms with van der Waals surface area (Å²) in [5.74, 6) is 6.81. The van der Waals surface area contributed by atoms with Crippen molar-refractivity contribution in [3.8, 4) is 17.6 Å². The zero-order chi connectivity index (χ0) is 13.8. The van der Waals surface area contributed by atoms with Crippen LogP contribution < -0.4 is 4.74 Å². The molecule has 2 aromatic heterocycles. The summed E-state index contributed by atoms with van der Waals surface area (Å²) >= 11 is 0. The lowest BCUT2D eigenvalue weighted by Gasteiger charge is -2.04. The van der Waals surface area contributed by atoms with E-state index in [0.717, 1.165) is 22.2 Å². The van der Waals surface area contributed by atoms with E-state index in [1.807, 2.05) is 30.3 Å². The van der Waals surface area contributed by atoms with Gasteiger partial charge in [0.05, 0.1) is 18.2 Å². The van der Waals surface area contributed by atoms with E-state index in [-0.39, 0.29) is 0 Å². The Bertz CT molecular complexity index is 804. The summed E-state index contributed by atoms with van der Waals surface area (Å²) in [5, 5.41) is 0.976. The number of pyridine rings is 1. The van der Waals surface area contributed by atoms with Gasteiger partial charge in [-0.1, -0.05) is 12.0 Å². The minimum atomic E-state index is 0.703. The van der Waals surface area contributed by atoms with Crippen molar-refractivity contribution in [2.24, 2.45) is 0 Å². The van der Waals surface area contributed by atoms with Crippen molar-refractivity contribution >= 4 is 10.9 Å². The summed E-state index contributed by atoms with van der Waals surface area (Å²) < 4.78 is 5.30. The van der Waals surface area contributed by atoms with Gasteiger partial charge in [-0.3, -0.25) is 0 Å². The molecule has 0 amide bonds. The zero-order valence-corrected chi connectivity index (χ0v) is 10.9. The maximum atomic E-state index is 5.30. The second-order valence-electron chi connectivity index (χ2n) is 4.10. The van der Waals surface area contributed by atoms with Crippen molar-refractivity contribution in [3.05, 3.63) is 60.3 Å². The first-order valence-corrected chi connectivity index (χ1v) is 6.07. The third-order valence-electron chi connectivity index (χ3n) is 2.81. The highest BCUT2D eigenvalue weighted by Gasteiger charge is 2.01. The number of fused-ring (bicyclic) bond motifs is 1. The van der Waals surface area contributed by atoms with Gasteiger partial charge in [-0.15, -0.1) is 0 Å². The lowest BCUT2D eigenvalue weighted by atomic mass is 10.2. The third kappa shape index (κ3) is 2.43. The highest BCUT2D eigenvalue weighted by molar-refractivity contribution is 5.85. The van der Waals surface area contributed by atoms with Gasteiger partial charge in [-0.2, -0.15) is 0 Å². The Labute approximate surface area is 116 Å². The molecular weight excluding hydrogens is 250 g/mol. The molecule has 20 heavy (non-hydrogen) atoms. The van der Waals surface area contributed by atoms with Gasteiger partial charge in [-0.05, 0) is 30.2 Å². The van der Waals surface area contributed by atoms with Gasteiger partial charge in [0, 0.05) is 17.8 Å². The fraction of sp³-hybridized carbons (Fsp3) is 0.0625. The molecule has 4 heteroatoms. The molecule has 0 N–H and O–H groups in total. The summed E-state index contributed by atoms with van der Waals surface area (Å²) in [7, 11) is 1.65. The predicted molar refractivity (Wildman–Crippen MR) is 76.3 cm³/mol. The molecule has 2 heterocycles. The van der Waals surface area contributed by atoms with E-state index < -0.39 is 0 Å². The van der Waals surface area contributed by atoms with Crippen LogP contribution >= 0.6 is 0 Å². The smallest absolute Gasteiger partial charge is 0.128 e. The van der Waals surface area contributed by atoms with E-state index in [2.05, 4.69) is 26.8 Å². The number of hydrogen-bond donors (Lipinski definition) is 0. The summed E-state index contributed by atoms with van der Waals surface area (Å²) in [6.07, 6.45) is 4.82. The van der Waals surface area contributed by atoms with Crippen molar-refractivity contribution in [2.75, 3.05) is 7.11 Å². The lowest BCUT2D eigenvalue weighted by molar-refractivity contribution is 0.420. The van der Waals surface area contributed by atoms with Gasteiger partial charge in [0.25, 0.3) is 0 Å². The zero-order valence-electron chi connectivity index (χ0n) is 10.9. The maximum Gasteiger partial charge on any atom is 0.128 e. The highest BCUT2D eigenvalue weighted by atomic mass is 16.5. The van der Waals surface area contributed by atoms with Crippen LogP contribution in [0.4, 0.5) is 0 Å². The number of rotatable bonds is 1. The van der Waals surface area contributed by atoms with Crippen molar-refractivity contribution in [1.29, 1.82) is 0 Å². The topological polar surface area (TPSA) is 47.9 Å². The number of nitrogens with zero attached hydrogens (tertiary/aromatic N) is 3. The minimum absolute atomic E-state index is 0.703. The Hall–Kier alpha value is -2.93. The predicted octanol–water partition coefficient (Wildman–Crippen LogP) is 2.43. The molecule has 0 aliphatic carbocycles. The molecule has 96 valence electrons. The molecular formula is C16H11N3O. The third-order valence-corrected chi connectivity index (χ3v) is 2.81. The molecule has 0 radical (unpaired) electrons. The molecule has 0 aliphatic heterocycles. The Morgan fingerprint density at radius 2 is 1.85 bits per heavy atom. The van der Waals surface area contributed by atoms with Crippen molar-refractivity contribution in [2.45, 2.75) is 0 Å². The molecule has 3 aromatic rings. The normalized spacial score (nSPS) is 9.85. The van der Waals surface area contributed by atoms with Gasteiger partial charge >= 0.3 is 0 Å². The molecule has 0 unspecified atom stereocenters. The van der Waals surface area contributed by atoms with E-state index in [0.29, 0.717) is 5.69 Å². The monoisotopic (exact) mass is 261 g/mol. The second-order valence-corrected chi connectivity index (χ2v) is 4.10. The van der Waals surface area contributed by atoms with Gasteiger partial charge in [0.15, 0.2) is 0 Å². The number of hydrogen-bond acceptors (Lipinski definition) is 4. The van der Waals surface area contributed by atoms with E-state index in [1.165, 1.54) is 6.33 Å². The summed E-state index contributed by atoms with van der Waals surface area (Å²) in [4.78, 5) is 12.3. The molecule has 0 saturated carbocycles. The Kier molecular flexibility index (Phi) is 3.25. The van der Waals surface area contributed by atoms with Crippen LogP contribution in [-0.4, -0.2) is 22.1 Å². The van der Waals surface area contributed by atoms with Crippen LogP contribution in [0.5, 0.6) is 5.75 Å². The Morgan fingerprint density at radius 3 is 2.65 bits per heavy atom. The molecule has 0 atom stereocenters. The molecule has 4 nitrogen and oxygen atoms in total. The largest absolute Gasteiger partial charge is 0.496 e. The van der Waals surface area contributed by atoms with Crippen LogP contribution in [0.3, 0.4) is 0 Å². The average molecular weight is 261 g/mol. The molecule has 0 saturated heterocycles. The average Bonchev–Trinajstić information content (AvgIpc) is 2.53. The van der Waals surface area contributed by atoms with Crippen LogP contribution in [0.25, 0.3) is 10.9 Å². The molecule has 0 spiro atoms. The molecule has 1 aromatic carbocycles. The molecule has 3 rings (SSSR count). The van der Waals surface area contributed by atoms with Crippen LogP contribution in [0.15, 0.2) is 49.1 Å². The number of ether oxygens (including phenoxy) is 1. The number of benzene rings is 1. The van der Waals surface area contributed by atoms with Crippen molar-refractivity contribution in [3.63, 3.8) is 0 Å². The van der Waals surface area contributed by atoms with E-state index in [4.69, 9.17) is 4.74 Å².